The Morgan fingerprint density at radius 2 is 2.22 bits per heavy atom. The van der Waals surface area contributed by atoms with E-state index in [1.54, 1.807) is 24.3 Å². The highest BCUT2D eigenvalue weighted by Crippen LogP contribution is 2.19. The van der Waals surface area contributed by atoms with Crippen molar-refractivity contribution in [3.8, 4) is 0 Å². The van der Waals surface area contributed by atoms with Gasteiger partial charge in [-0.05, 0) is 24.1 Å². The predicted molar refractivity (Wildman–Crippen MR) is 69.2 cm³/mol. The highest BCUT2D eigenvalue weighted by atomic mass is 16.5. The summed E-state index contributed by atoms with van der Waals surface area (Å²) in [4.78, 5) is 22.6. The molecule has 1 amide bonds. The van der Waals surface area contributed by atoms with Gasteiger partial charge in [0.25, 0.3) is 0 Å². The summed E-state index contributed by atoms with van der Waals surface area (Å²) in [6.45, 7) is 5.12. The molecule has 96 valence electrons. The van der Waals surface area contributed by atoms with Gasteiger partial charge in [-0.15, -0.1) is 6.58 Å². The fourth-order valence-electron chi connectivity index (χ4n) is 1.69. The van der Waals surface area contributed by atoms with Crippen LogP contribution in [0.3, 0.4) is 0 Å². The van der Waals surface area contributed by atoms with Crippen LogP contribution in [0.5, 0.6) is 0 Å². The summed E-state index contributed by atoms with van der Waals surface area (Å²) in [5, 5.41) is 2.82. The molecule has 1 N–H and O–H groups in total. The Balaban J connectivity index is 3.00. The molecular weight excluding hydrogens is 230 g/mol. The molecular formula is C14H17NO3. The van der Waals surface area contributed by atoms with E-state index in [-0.39, 0.29) is 11.9 Å². The van der Waals surface area contributed by atoms with Crippen molar-refractivity contribution < 1.29 is 14.3 Å². The third-order valence-electron chi connectivity index (χ3n) is 2.49. The normalized spacial score (nSPS) is 11.4. The minimum Gasteiger partial charge on any atom is -0.465 e. The Labute approximate surface area is 107 Å². The fourth-order valence-corrected chi connectivity index (χ4v) is 1.69. The van der Waals surface area contributed by atoms with Crippen LogP contribution < -0.4 is 5.32 Å². The maximum Gasteiger partial charge on any atom is 0.337 e. The number of hydrogen-bond donors (Lipinski definition) is 1. The number of nitrogens with one attached hydrogen (secondary N) is 1. The van der Waals surface area contributed by atoms with Gasteiger partial charge in [-0.3, -0.25) is 4.79 Å². The average molecular weight is 247 g/mol. The monoisotopic (exact) mass is 247 g/mol. The molecule has 0 spiro atoms. The molecule has 4 nitrogen and oxygen atoms in total. The van der Waals surface area contributed by atoms with Crippen LogP contribution >= 0.6 is 0 Å². The van der Waals surface area contributed by atoms with E-state index >= 15 is 0 Å². The second-order valence-corrected chi connectivity index (χ2v) is 3.89. The van der Waals surface area contributed by atoms with Crippen LogP contribution in [-0.4, -0.2) is 19.0 Å². The summed E-state index contributed by atoms with van der Waals surface area (Å²) >= 11 is 0. The van der Waals surface area contributed by atoms with Gasteiger partial charge >= 0.3 is 5.97 Å². The van der Waals surface area contributed by atoms with E-state index in [0.29, 0.717) is 12.0 Å². The first-order valence-corrected chi connectivity index (χ1v) is 5.64. The quantitative estimate of drug-likeness (QED) is 0.641. The third-order valence-corrected chi connectivity index (χ3v) is 2.49. The Bertz CT molecular complexity index is 454. The minimum atomic E-state index is -0.392. The van der Waals surface area contributed by atoms with Crippen molar-refractivity contribution in [1.82, 2.24) is 5.32 Å². The molecule has 18 heavy (non-hydrogen) atoms. The summed E-state index contributed by atoms with van der Waals surface area (Å²) in [7, 11) is 1.34. The predicted octanol–water partition coefficient (Wildman–Crippen LogP) is 2.23. The SMILES string of the molecule is C=CC[C@@H](NC(C)=O)c1cccc(C(=O)OC)c1. The Morgan fingerprint density at radius 1 is 1.50 bits per heavy atom. The number of carbonyl (C=O) groups is 2. The zero-order valence-electron chi connectivity index (χ0n) is 10.6. The lowest BCUT2D eigenvalue weighted by Gasteiger charge is -2.17. The van der Waals surface area contributed by atoms with Gasteiger partial charge in [0.1, 0.15) is 0 Å². The number of rotatable bonds is 5. The van der Waals surface area contributed by atoms with Crippen molar-refractivity contribution >= 4 is 11.9 Å². The molecule has 1 aromatic rings. The molecule has 0 radical (unpaired) electrons. The van der Waals surface area contributed by atoms with Gasteiger partial charge in [-0.25, -0.2) is 4.79 Å². The van der Waals surface area contributed by atoms with Gasteiger partial charge in [0.15, 0.2) is 0 Å². The Kier molecular flexibility index (Phi) is 5.11. The van der Waals surface area contributed by atoms with E-state index in [0.717, 1.165) is 5.56 Å². The second kappa shape index (κ2) is 6.59. The minimum absolute atomic E-state index is 0.120. The topological polar surface area (TPSA) is 55.4 Å². The number of esters is 1. The summed E-state index contributed by atoms with van der Waals surface area (Å²) in [5.74, 6) is -0.512. The van der Waals surface area contributed by atoms with E-state index in [4.69, 9.17) is 0 Å². The van der Waals surface area contributed by atoms with Gasteiger partial charge in [-0.2, -0.15) is 0 Å². The van der Waals surface area contributed by atoms with Gasteiger partial charge in [0.2, 0.25) is 5.91 Å². The largest absolute Gasteiger partial charge is 0.465 e. The molecule has 1 rings (SSSR count). The van der Waals surface area contributed by atoms with E-state index in [2.05, 4.69) is 16.6 Å². The molecule has 1 atom stereocenters. The number of ether oxygens (including phenoxy) is 1. The van der Waals surface area contributed by atoms with Crippen LogP contribution in [0.1, 0.15) is 35.3 Å². The molecule has 1 aromatic carbocycles. The maximum atomic E-state index is 11.4. The first-order chi connectivity index (χ1) is 8.58. The summed E-state index contributed by atoms with van der Waals surface area (Å²) in [5.41, 5.74) is 1.32. The maximum absolute atomic E-state index is 11.4. The molecule has 0 aromatic heterocycles. The zero-order chi connectivity index (χ0) is 13.5. The van der Waals surface area contributed by atoms with Gasteiger partial charge in [-0.1, -0.05) is 18.2 Å². The highest BCUT2D eigenvalue weighted by Gasteiger charge is 2.13. The molecule has 0 unspecified atom stereocenters. The van der Waals surface area contributed by atoms with Gasteiger partial charge < -0.3 is 10.1 Å². The summed E-state index contributed by atoms with van der Waals surface area (Å²) < 4.78 is 4.67. The Morgan fingerprint density at radius 3 is 2.78 bits per heavy atom. The average Bonchev–Trinajstić information content (AvgIpc) is 2.37. The molecule has 4 heteroatoms. The highest BCUT2D eigenvalue weighted by molar-refractivity contribution is 5.89. The fraction of sp³-hybridized carbons (Fsp3) is 0.286. The summed E-state index contributed by atoms with van der Waals surface area (Å²) in [6, 6.07) is 6.84. The number of methoxy groups -OCH3 is 1. The third kappa shape index (κ3) is 3.73. The van der Waals surface area contributed by atoms with Crippen molar-refractivity contribution in [1.29, 1.82) is 0 Å². The molecule has 0 saturated heterocycles. The van der Waals surface area contributed by atoms with Crippen LogP contribution in [0.2, 0.25) is 0 Å². The molecule has 0 saturated carbocycles. The molecule has 0 aliphatic carbocycles. The molecule has 0 aliphatic rings. The van der Waals surface area contributed by atoms with Crippen LogP contribution in [-0.2, 0) is 9.53 Å². The lowest BCUT2D eigenvalue weighted by molar-refractivity contribution is -0.119. The van der Waals surface area contributed by atoms with Gasteiger partial charge in [0.05, 0.1) is 18.7 Å². The number of carbonyl (C=O) groups excluding carboxylic acids is 2. The molecule has 0 fully saturated rings. The van der Waals surface area contributed by atoms with E-state index in [1.165, 1.54) is 14.0 Å². The molecule has 0 aliphatic heterocycles. The Hall–Kier alpha value is -2.10. The van der Waals surface area contributed by atoms with Crippen LogP contribution in [0.4, 0.5) is 0 Å². The lowest BCUT2D eigenvalue weighted by atomic mass is 10.0. The lowest BCUT2D eigenvalue weighted by Crippen LogP contribution is -2.25. The smallest absolute Gasteiger partial charge is 0.337 e. The standard InChI is InChI=1S/C14H17NO3/c1-4-6-13(15-10(2)16)11-7-5-8-12(9-11)14(17)18-3/h4-5,7-9,13H,1,6H2,2-3H3,(H,15,16)/t13-/m1/s1. The van der Waals surface area contributed by atoms with Crippen LogP contribution in [0.15, 0.2) is 36.9 Å². The molecule has 0 bridgehead atoms. The number of amides is 1. The van der Waals surface area contributed by atoms with Crippen molar-refractivity contribution in [3.05, 3.63) is 48.0 Å². The van der Waals surface area contributed by atoms with Crippen LogP contribution in [0, 0.1) is 0 Å². The van der Waals surface area contributed by atoms with Crippen molar-refractivity contribution in [2.24, 2.45) is 0 Å². The number of hydrogen-bond acceptors (Lipinski definition) is 3. The van der Waals surface area contributed by atoms with Crippen molar-refractivity contribution in [2.45, 2.75) is 19.4 Å². The molecule has 0 heterocycles. The first kappa shape index (κ1) is 14.0. The van der Waals surface area contributed by atoms with E-state index in [1.807, 2.05) is 6.07 Å². The van der Waals surface area contributed by atoms with Crippen molar-refractivity contribution in [3.63, 3.8) is 0 Å². The van der Waals surface area contributed by atoms with Crippen LogP contribution in [0.25, 0.3) is 0 Å². The second-order valence-electron chi connectivity index (χ2n) is 3.89. The first-order valence-electron chi connectivity index (χ1n) is 5.64. The zero-order valence-corrected chi connectivity index (χ0v) is 10.6. The van der Waals surface area contributed by atoms with Crippen molar-refractivity contribution in [2.75, 3.05) is 7.11 Å². The van der Waals surface area contributed by atoms with E-state index in [9.17, 15) is 9.59 Å². The number of benzene rings is 1. The van der Waals surface area contributed by atoms with Gasteiger partial charge in [0, 0.05) is 6.92 Å². The summed E-state index contributed by atoms with van der Waals surface area (Å²) in [6.07, 6.45) is 2.33. The van der Waals surface area contributed by atoms with E-state index < -0.39 is 5.97 Å².